The summed E-state index contributed by atoms with van der Waals surface area (Å²) in [6.45, 7) is 2.19. The normalized spacial score (nSPS) is 13.4. The van der Waals surface area contributed by atoms with Crippen molar-refractivity contribution in [3.63, 3.8) is 0 Å². The van der Waals surface area contributed by atoms with E-state index in [1.165, 1.54) is 53.7 Å². The van der Waals surface area contributed by atoms with E-state index in [0.29, 0.717) is 0 Å². The van der Waals surface area contributed by atoms with Crippen molar-refractivity contribution in [3.8, 4) is 33.6 Å². The van der Waals surface area contributed by atoms with Crippen LogP contribution >= 0.6 is 0 Å². The summed E-state index contributed by atoms with van der Waals surface area (Å²) >= 11 is -1.77. The molecule has 0 aliphatic heterocycles. The van der Waals surface area contributed by atoms with Gasteiger partial charge in [-0.1, -0.05) is 73.4 Å². The smallest absolute Gasteiger partial charge is 0.123 e. The Balaban J connectivity index is 0.000000211. The summed E-state index contributed by atoms with van der Waals surface area (Å²) in [6.07, 6.45) is 11.9. The summed E-state index contributed by atoms with van der Waals surface area (Å²) in [6, 6.07) is 37.8. The number of hydrogen-bond acceptors (Lipinski definition) is 3. The molecule has 8 rings (SSSR count). The molecule has 4 aromatic carbocycles. The van der Waals surface area contributed by atoms with Crippen LogP contribution in [0.2, 0.25) is 17.3 Å². The second-order valence-corrected chi connectivity index (χ2v) is 25.2. The van der Waals surface area contributed by atoms with Crippen molar-refractivity contribution in [1.29, 1.82) is 0 Å². The van der Waals surface area contributed by atoms with E-state index in [-0.39, 0.29) is 25.9 Å². The van der Waals surface area contributed by atoms with Crippen molar-refractivity contribution < 1.29 is 28.9 Å². The number of halogens is 1. The van der Waals surface area contributed by atoms with Crippen LogP contribution in [-0.2, 0) is 26.5 Å². The summed E-state index contributed by atoms with van der Waals surface area (Å²) in [4.78, 5) is 9.25. The summed E-state index contributed by atoms with van der Waals surface area (Å²) < 4.78 is 21.6. The molecule has 0 saturated heterocycles. The minimum Gasteiger partial charge on any atom is -0.500 e. The molecule has 1 saturated carbocycles. The standard InChI is InChI=1S/C30H25FNO.C15H18GeN.Ir/c31-24-9-4-8-22(18-24)25-10-5-11-29-30(25)26-19-23(12-13-28(26)33-29)27-17-21(14-15-32-27)16-20-6-2-1-3-7-20;1-12-10-15(13-8-6-5-7-9-13)17-11-14(12)16(2,3)4;/h4-5,8-11,13-15,17-20H,1-3,6-7,16H2;5-8,10-11H,1-4H3;/q2*-1;. The second kappa shape index (κ2) is 16.2. The fourth-order valence-corrected chi connectivity index (χ4v) is 10.9. The van der Waals surface area contributed by atoms with Crippen molar-refractivity contribution in [3.05, 3.63) is 139 Å². The average molecular weight is 912 g/mol. The van der Waals surface area contributed by atoms with E-state index in [1.54, 1.807) is 12.1 Å². The molecule has 1 aliphatic rings. The van der Waals surface area contributed by atoms with Crippen LogP contribution in [-0.4, -0.2) is 23.2 Å². The van der Waals surface area contributed by atoms with E-state index in [0.717, 1.165) is 67.9 Å². The molecule has 51 heavy (non-hydrogen) atoms. The third-order valence-electron chi connectivity index (χ3n) is 9.82. The Labute approximate surface area is 317 Å². The van der Waals surface area contributed by atoms with Crippen molar-refractivity contribution in [1.82, 2.24) is 9.97 Å². The molecule has 261 valence electrons. The Morgan fingerprint density at radius 3 is 2.35 bits per heavy atom. The van der Waals surface area contributed by atoms with Crippen LogP contribution in [0.1, 0.15) is 43.2 Å². The number of benzene rings is 4. The minimum absolute atomic E-state index is 0. The zero-order valence-corrected chi connectivity index (χ0v) is 34.2. The molecule has 3 aromatic heterocycles. The zero-order valence-electron chi connectivity index (χ0n) is 29.7. The minimum atomic E-state index is -1.77. The maximum Gasteiger partial charge on any atom is 0.123 e. The predicted molar refractivity (Wildman–Crippen MR) is 208 cm³/mol. The fraction of sp³-hybridized carbons (Fsp3) is 0.244. The van der Waals surface area contributed by atoms with Crippen molar-refractivity contribution in [2.24, 2.45) is 5.92 Å². The van der Waals surface area contributed by atoms with Gasteiger partial charge in [-0.15, -0.1) is 23.8 Å². The number of rotatable bonds is 6. The summed E-state index contributed by atoms with van der Waals surface area (Å²) in [7, 11) is 0. The number of aryl methyl sites for hydroxylation is 1. The van der Waals surface area contributed by atoms with Gasteiger partial charge in [-0.3, -0.25) is 0 Å². The Kier molecular flexibility index (Phi) is 11.7. The number of nitrogens with zero attached hydrogens (tertiary/aromatic N) is 2. The van der Waals surface area contributed by atoms with Gasteiger partial charge in [0.1, 0.15) is 11.4 Å². The molecule has 0 amide bonds. The number of pyridine rings is 2. The van der Waals surface area contributed by atoms with E-state index in [9.17, 15) is 4.39 Å². The van der Waals surface area contributed by atoms with Gasteiger partial charge in [-0.05, 0) is 53.4 Å². The molecule has 0 N–H and O–H groups in total. The maximum atomic E-state index is 13.9. The van der Waals surface area contributed by atoms with Gasteiger partial charge in [-0.2, -0.15) is 0 Å². The van der Waals surface area contributed by atoms with Crippen LogP contribution in [0.5, 0.6) is 0 Å². The third-order valence-corrected chi connectivity index (χ3v) is 14.3. The third kappa shape index (κ3) is 8.60. The molecule has 3 nitrogen and oxygen atoms in total. The van der Waals surface area contributed by atoms with E-state index in [1.807, 2.05) is 54.7 Å². The van der Waals surface area contributed by atoms with Crippen molar-refractivity contribution >= 4 is 39.6 Å². The molecule has 0 spiro atoms. The van der Waals surface area contributed by atoms with Crippen LogP contribution < -0.4 is 4.40 Å². The molecule has 3 heterocycles. The molecule has 1 aliphatic carbocycles. The Morgan fingerprint density at radius 1 is 0.804 bits per heavy atom. The van der Waals surface area contributed by atoms with Gasteiger partial charge in [0.2, 0.25) is 0 Å². The van der Waals surface area contributed by atoms with Gasteiger partial charge in [0.25, 0.3) is 0 Å². The predicted octanol–water partition coefficient (Wildman–Crippen LogP) is 11.8. The molecular formula is C45H43FGeIrN2O-2. The molecular weight excluding hydrogens is 868 g/mol. The first-order valence-electron chi connectivity index (χ1n) is 17.8. The Hall–Kier alpha value is -3.90. The SMILES string of the molecule is Cc1cc(-c2[c-]cccc2)nc[c]1[Ge]([CH3])([CH3])[CH3].Fc1cccc(-c2cccc3oc4c[c-]c(-c5cc(CC6CCCCC6)ccn5)cc4c23)c1.[Ir]. The van der Waals surface area contributed by atoms with Gasteiger partial charge in [0.15, 0.2) is 0 Å². The largest absolute Gasteiger partial charge is 0.500 e. The molecule has 1 fully saturated rings. The Morgan fingerprint density at radius 2 is 1.61 bits per heavy atom. The van der Waals surface area contributed by atoms with Crippen LogP contribution in [0.3, 0.4) is 0 Å². The van der Waals surface area contributed by atoms with E-state index in [4.69, 9.17) is 4.42 Å². The molecule has 1 radical (unpaired) electrons. The van der Waals surface area contributed by atoms with E-state index >= 15 is 0 Å². The van der Waals surface area contributed by atoms with Gasteiger partial charge in [-0.25, -0.2) is 4.39 Å². The fourth-order valence-electron chi connectivity index (χ4n) is 7.33. The maximum absolute atomic E-state index is 13.9. The first kappa shape index (κ1) is 36.9. The number of aromatic nitrogens is 2. The molecule has 0 atom stereocenters. The summed E-state index contributed by atoms with van der Waals surface area (Å²) in [5.74, 6) is 7.74. The van der Waals surface area contributed by atoms with E-state index < -0.39 is 13.3 Å². The monoisotopic (exact) mass is 913 g/mol. The van der Waals surface area contributed by atoms with Crippen LogP contribution in [0.25, 0.3) is 55.6 Å². The molecule has 7 aromatic rings. The quantitative estimate of drug-likeness (QED) is 0.123. The molecule has 6 heteroatoms. The first-order chi connectivity index (χ1) is 24.2. The Bertz CT molecular complexity index is 2250. The topological polar surface area (TPSA) is 38.9 Å². The van der Waals surface area contributed by atoms with Crippen LogP contribution in [0.15, 0.2) is 114 Å². The first-order valence-corrected chi connectivity index (χ1v) is 25.1. The number of hydrogen-bond donors (Lipinski definition) is 0. The van der Waals surface area contributed by atoms with Crippen molar-refractivity contribution in [2.75, 3.05) is 0 Å². The molecule has 0 bridgehead atoms. The summed E-state index contributed by atoms with van der Waals surface area (Å²) in [5, 5.41) is 1.99. The van der Waals surface area contributed by atoms with Gasteiger partial charge in [0, 0.05) is 31.7 Å². The average Bonchev–Trinajstić information content (AvgIpc) is 3.51. The number of furan rings is 1. The van der Waals surface area contributed by atoms with Crippen LogP contribution in [0, 0.1) is 30.8 Å². The van der Waals surface area contributed by atoms with Gasteiger partial charge in [0.05, 0.1) is 5.58 Å². The number of fused-ring (bicyclic) bond motifs is 3. The van der Waals surface area contributed by atoms with Gasteiger partial charge >= 0.3 is 106 Å². The second-order valence-electron chi connectivity index (χ2n) is 14.6. The van der Waals surface area contributed by atoms with Crippen LogP contribution in [0.4, 0.5) is 4.39 Å². The summed E-state index contributed by atoms with van der Waals surface area (Å²) in [5.41, 5.74) is 10.1. The van der Waals surface area contributed by atoms with Gasteiger partial charge < -0.3 is 9.40 Å². The zero-order chi connectivity index (χ0) is 34.7. The van der Waals surface area contributed by atoms with Crippen molar-refractivity contribution in [2.45, 2.75) is 62.7 Å². The van der Waals surface area contributed by atoms with E-state index in [2.05, 4.69) is 82.8 Å². The molecule has 0 unspecified atom stereocenters.